The predicted octanol–water partition coefficient (Wildman–Crippen LogP) is 4.94. The second-order valence-electron chi connectivity index (χ2n) is 5.04. The molecule has 0 fully saturated rings. The summed E-state index contributed by atoms with van der Waals surface area (Å²) >= 11 is 0. The van der Waals surface area contributed by atoms with E-state index in [0.29, 0.717) is 5.56 Å². The Balaban J connectivity index is 2.04. The summed E-state index contributed by atoms with van der Waals surface area (Å²) in [6.45, 7) is 0. The highest BCUT2D eigenvalue weighted by Crippen LogP contribution is 2.33. The number of carbonyl (C=O) groups is 1. The van der Waals surface area contributed by atoms with Crippen LogP contribution in [0.5, 0.6) is 0 Å². The van der Waals surface area contributed by atoms with Gasteiger partial charge in [-0.25, -0.2) is 4.79 Å². The third kappa shape index (κ3) is 3.24. The van der Waals surface area contributed by atoms with Crippen molar-refractivity contribution in [1.82, 2.24) is 0 Å². The van der Waals surface area contributed by atoms with Crippen molar-refractivity contribution in [2.75, 3.05) is 12.0 Å². The van der Waals surface area contributed by atoms with Gasteiger partial charge in [0.2, 0.25) is 0 Å². The second kappa shape index (κ2) is 6.79. The zero-order valence-corrected chi connectivity index (χ0v) is 12.8. The summed E-state index contributed by atoms with van der Waals surface area (Å²) in [7, 11) is 1.39. The van der Waals surface area contributed by atoms with Gasteiger partial charge in [-0.2, -0.15) is 0 Å². The van der Waals surface area contributed by atoms with Gasteiger partial charge < -0.3 is 9.64 Å². The fraction of sp³-hybridized carbons (Fsp3) is 0.0500. The molecule has 0 heterocycles. The van der Waals surface area contributed by atoms with Gasteiger partial charge in [0.05, 0.1) is 12.7 Å². The van der Waals surface area contributed by atoms with E-state index in [9.17, 15) is 4.79 Å². The molecular weight excluding hydrogens is 286 g/mol. The van der Waals surface area contributed by atoms with E-state index in [1.807, 2.05) is 48.5 Å². The highest BCUT2D eigenvalue weighted by Gasteiger charge is 2.12. The Bertz CT molecular complexity index is 728. The molecule has 0 aliphatic rings. The zero-order chi connectivity index (χ0) is 16.1. The molecule has 0 aliphatic heterocycles. The average molecular weight is 303 g/mol. The summed E-state index contributed by atoms with van der Waals surface area (Å²) in [4.78, 5) is 13.7. The van der Waals surface area contributed by atoms with Crippen LogP contribution in [-0.4, -0.2) is 13.1 Å². The van der Waals surface area contributed by atoms with Crippen LogP contribution in [0.4, 0.5) is 17.1 Å². The molecule has 114 valence electrons. The smallest absolute Gasteiger partial charge is 0.337 e. The predicted molar refractivity (Wildman–Crippen MR) is 92.5 cm³/mol. The van der Waals surface area contributed by atoms with E-state index in [-0.39, 0.29) is 5.97 Å². The minimum atomic E-state index is -0.331. The Labute approximate surface area is 135 Å². The van der Waals surface area contributed by atoms with E-state index < -0.39 is 0 Å². The quantitative estimate of drug-likeness (QED) is 0.639. The van der Waals surface area contributed by atoms with E-state index >= 15 is 0 Å². The summed E-state index contributed by atoms with van der Waals surface area (Å²) in [5.41, 5.74) is 3.64. The molecule has 0 radical (unpaired) electrons. The molecular formula is C20H17NO2. The van der Waals surface area contributed by atoms with Crippen LogP contribution < -0.4 is 4.90 Å². The van der Waals surface area contributed by atoms with Crippen molar-refractivity contribution in [2.45, 2.75) is 0 Å². The number of nitrogens with zero attached hydrogens (tertiary/aromatic N) is 1. The Hall–Kier alpha value is -3.07. The molecule has 0 aliphatic carbocycles. The maximum atomic E-state index is 11.6. The fourth-order valence-electron chi connectivity index (χ4n) is 2.47. The van der Waals surface area contributed by atoms with Gasteiger partial charge in [0.15, 0.2) is 0 Å². The molecule has 3 rings (SSSR count). The number of hydrogen-bond acceptors (Lipinski definition) is 3. The number of benzene rings is 3. The molecule has 23 heavy (non-hydrogen) atoms. The van der Waals surface area contributed by atoms with Gasteiger partial charge in [-0.15, -0.1) is 0 Å². The Morgan fingerprint density at radius 1 is 0.696 bits per heavy atom. The van der Waals surface area contributed by atoms with Crippen LogP contribution in [0.15, 0.2) is 84.9 Å². The molecule has 3 heteroatoms. The highest BCUT2D eigenvalue weighted by atomic mass is 16.5. The first kappa shape index (κ1) is 14.9. The first-order chi connectivity index (χ1) is 11.3. The number of esters is 1. The van der Waals surface area contributed by atoms with Crippen molar-refractivity contribution in [1.29, 1.82) is 0 Å². The largest absolute Gasteiger partial charge is 0.465 e. The normalized spacial score (nSPS) is 10.1. The van der Waals surface area contributed by atoms with Crippen molar-refractivity contribution in [2.24, 2.45) is 0 Å². The monoisotopic (exact) mass is 303 g/mol. The minimum Gasteiger partial charge on any atom is -0.465 e. The molecule has 0 aromatic heterocycles. The van der Waals surface area contributed by atoms with Crippen molar-refractivity contribution in [3.63, 3.8) is 0 Å². The van der Waals surface area contributed by atoms with Gasteiger partial charge >= 0.3 is 5.97 Å². The molecule has 3 aromatic carbocycles. The number of methoxy groups -OCH3 is 1. The summed E-state index contributed by atoms with van der Waals surface area (Å²) in [6.07, 6.45) is 0. The van der Waals surface area contributed by atoms with Crippen LogP contribution in [0.2, 0.25) is 0 Å². The summed E-state index contributed by atoms with van der Waals surface area (Å²) in [5, 5.41) is 0. The van der Waals surface area contributed by atoms with E-state index in [0.717, 1.165) is 17.1 Å². The van der Waals surface area contributed by atoms with Crippen LogP contribution in [0.1, 0.15) is 10.4 Å². The van der Waals surface area contributed by atoms with Crippen molar-refractivity contribution >= 4 is 23.0 Å². The molecule has 0 unspecified atom stereocenters. The summed E-state index contributed by atoms with van der Waals surface area (Å²) in [5.74, 6) is -0.331. The lowest BCUT2D eigenvalue weighted by atomic mass is 10.1. The lowest BCUT2D eigenvalue weighted by Crippen LogP contribution is -2.10. The average Bonchev–Trinajstić information content (AvgIpc) is 2.64. The molecule has 3 nitrogen and oxygen atoms in total. The number of ether oxygens (including phenoxy) is 1. The third-order valence-electron chi connectivity index (χ3n) is 3.58. The van der Waals surface area contributed by atoms with Crippen molar-refractivity contribution in [3.8, 4) is 0 Å². The number of rotatable bonds is 4. The SMILES string of the molecule is COC(=O)c1ccc(N(c2ccccc2)c2ccccc2)cc1. The molecule has 3 aromatic rings. The van der Waals surface area contributed by atoms with E-state index in [4.69, 9.17) is 4.74 Å². The van der Waals surface area contributed by atoms with E-state index in [1.165, 1.54) is 7.11 Å². The van der Waals surface area contributed by atoms with Gasteiger partial charge in [-0.05, 0) is 48.5 Å². The molecule has 0 saturated heterocycles. The standard InChI is InChI=1S/C20H17NO2/c1-23-20(22)16-12-14-19(15-13-16)21(17-8-4-2-5-9-17)18-10-6-3-7-11-18/h2-15H,1H3. The van der Waals surface area contributed by atoms with Crippen molar-refractivity contribution < 1.29 is 9.53 Å². The first-order valence-corrected chi connectivity index (χ1v) is 7.38. The molecule has 0 bridgehead atoms. The summed E-state index contributed by atoms with van der Waals surface area (Å²) < 4.78 is 4.75. The zero-order valence-electron chi connectivity index (χ0n) is 12.8. The van der Waals surface area contributed by atoms with Gasteiger partial charge in [0.25, 0.3) is 0 Å². The topological polar surface area (TPSA) is 29.5 Å². The molecule has 0 N–H and O–H groups in total. The van der Waals surface area contributed by atoms with Crippen LogP contribution in [-0.2, 0) is 4.74 Å². The number of carbonyl (C=O) groups excluding carboxylic acids is 1. The Morgan fingerprint density at radius 3 is 1.57 bits per heavy atom. The molecule has 0 saturated carbocycles. The fourth-order valence-corrected chi connectivity index (χ4v) is 2.47. The molecule has 0 spiro atoms. The van der Waals surface area contributed by atoms with Gasteiger partial charge in [-0.1, -0.05) is 36.4 Å². The Kier molecular flexibility index (Phi) is 4.39. The van der Waals surface area contributed by atoms with Crippen LogP contribution in [0, 0.1) is 0 Å². The maximum Gasteiger partial charge on any atom is 0.337 e. The number of para-hydroxylation sites is 2. The van der Waals surface area contributed by atoms with Crippen LogP contribution in [0.3, 0.4) is 0 Å². The van der Waals surface area contributed by atoms with Gasteiger partial charge in [0.1, 0.15) is 0 Å². The van der Waals surface area contributed by atoms with E-state index in [2.05, 4.69) is 29.2 Å². The molecule has 0 amide bonds. The Morgan fingerprint density at radius 2 is 1.13 bits per heavy atom. The van der Waals surface area contributed by atoms with Crippen molar-refractivity contribution in [3.05, 3.63) is 90.5 Å². The number of anilines is 3. The number of hydrogen-bond donors (Lipinski definition) is 0. The van der Waals surface area contributed by atoms with Crippen LogP contribution in [0.25, 0.3) is 0 Å². The molecule has 0 atom stereocenters. The second-order valence-corrected chi connectivity index (χ2v) is 5.04. The lowest BCUT2D eigenvalue weighted by molar-refractivity contribution is 0.0601. The third-order valence-corrected chi connectivity index (χ3v) is 3.58. The van der Waals surface area contributed by atoms with Gasteiger partial charge in [-0.3, -0.25) is 0 Å². The maximum absolute atomic E-state index is 11.6. The summed E-state index contributed by atoms with van der Waals surface area (Å²) in [6, 6.07) is 27.6. The highest BCUT2D eigenvalue weighted by molar-refractivity contribution is 5.90. The van der Waals surface area contributed by atoms with Crippen LogP contribution >= 0.6 is 0 Å². The minimum absolute atomic E-state index is 0.331. The van der Waals surface area contributed by atoms with Gasteiger partial charge in [0, 0.05) is 17.1 Å². The lowest BCUT2D eigenvalue weighted by Gasteiger charge is -2.25. The van der Waals surface area contributed by atoms with E-state index in [1.54, 1.807) is 12.1 Å². The first-order valence-electron chi connectivity index (χ1n) is 7.38.